The Kier molecular flexibility index (Phi) is 9.42. The van der Waals surface area contributed by atoms with E-state index in [0.717, 1.165) is 16.6 Å². The van der Waals surface area contributed by atoms with Gasteiger partial charge in [0.25, 0.3) is 0 Å². The minimum absolute atomic E-state index is 0.0879. The Balaban J connectivity index is 1.41. The highest BCUT2D eigenvalue weighted by molar-refractivity contribution is 5.92. The van der Waals surface area contributed by atoms with E-state index in [0.29, 0.717) is 25.2 Å². The second-order valence-corrected chi connectivity index (χ2v) is 11.0. The predicted octanol–water partition coefficient (Wildman–Crippen LogP) is 3.68. The van der Waals surface area contributed by atoms with Crippen molar-refractivity contribution >= 4 is 28.9 Å². The van der Waals surface area contributed by atoms with Crippen molar-refractivity contribution in [2.45, 2.75) is 71.4 Å². The third kappa shape index (κ3) is 6.80. The number of fused-ring (bicyclic) bond motifs is 1. The molecule has 1 aliphatic heterocycles. The maximum Gasteiger partial charge on any atom is 0.408 e. The molecule has 10 heteroatoms. The first-order valence-corrected chi connectivity index (χ1v) is 13.9. The van der Waals surface area contributed by atoms with Gasteiger partial charge in [-0.1, -0.05) is 70.2 Å². The number of aromatic amines is 1. The highest BCUT2D eigenvalue weighted by Gasteiger charge is 2.40. The zero-order valence-electron chi connectivity index (χ0n) is 23.5. The topological polar surface area (TPSA) is 137 Å². The number of nitrogens with one attached hydrogen (secondary N) is 3. The molecule has 1 aromatic heterocycles. The molecule has 0 spiro atoms. The number of likely N-dealkylation sites (tertiary alicyclic amines) is 1. The first kappa shape index (κ1) is 29.1. The van der Waals surface area contributed by atoms with E-state index in [1.165, 1.54) is 4.90 Å². The van der Waals surface area contributed by atoms with Crippen LogP contribution in [0.4, 0.5) is 4.79 Å². The van der Waals surface area contributed by atoms with Gasteiger partial charge in [-0.2, -0.15) is 0 Å². The number of imidazole rings is 1. The van der Waals surface area contributed by atoms with Gasteiger partial charge < -0.3 is 30.4 Å². The molecule has 1 unspecified atom stereocenters. The molecule has 4 rings (SSSR count). The number of amides is 3. The van der Waals surface area contributed by atoms with Crippen molar-refractivity contribution in [3.63, 3.8) is 0 Å². The molecule has 0 radical (unpaired) electrons. The zero-order valence-corrected chi connectivity index (χ0v) is 23.5. The fourth-order valence-electron chi connectivity index (χ4n) is 5.04. The number of rotatable bonds is 10. The summed E-state index contributed by atoms with van der Waals surface area (Å²) in [7, 11) is 0. The number of alkyl carbamates (subject to hydrolysis) is 1. The minimum Gasteiger partial charge on any atom is -0.445 e. The lowest BCUT2D eigenvalue weighted by Gasteiger charge is -2.32. The van der Waals surface area contributed by atoms with Crippen LogP contribution in [-0.2, 0) is 20.9 Å². The van der Waals surface area contributed by atoms with Crippen LogP contribution in [0, 0.1) is 11.8 Å². The molecular weight excluding hydrogens is 510 g/mol. The van der Waals surface area contributed by atoms with Crippen LogP contribution >= 0.6 is 0 Å². The predicted molar refractivity (Wildman–Crippen MR) is 151 cm³/mol. The molecule has 0 saturated carbocycles. The summed E-state index contributed by atoms with van der Waals surface area (Å²) < 4.78 is 5.33. The molecule has 3 aromatic rings. The molecule has 0 bridgehead atoms. The Morgan fingerprint density at radius 3 is 2.40 bits per heavy atom. The molecule has 1 fully saturated rings. The lowest BCUT2D eigenvalue weighted by Crippen LogP contribution is -2.56. The molecule has 10 nitrogen and oxygen atoms in total. The quantitative estimate of drug-likeness (QED) is 0.305. The number of nitrogens with zero attached hydrogens (tertiary/aromatic N) is 2. The Bertz CT molecular complexity index is 1280. The number of ether oxygens (including phenoxy) is 1. The van der Waals surface area contributed by atoms with Gasteiger partial charge in [0, 0.05) is 6.54 Å². The SMILES string of the molecule is CC(C)[C@H](NC(=O)[C@@H]1CCCN1C(=O)[C@@H](NC(=O)OCc1ccccc1)C(C)C)C(O)c1nc2ccccc2[nH]1. The number of H-pyrrole nitrogens is 1. The van der Waals surface area contributed by atoms with E-state index in [1.807, 2.05) is 82.3 Å². The van der Waals surface area contributed by atoms with Gasteiger partial charge >= 0.3 is 6.09 Å². The molecule has 2 aromatic carbocycles. The van der Waals surface area contributed by atoms with Gasteiger partial charge in [0.15, 0.2) is 0 Å². The molecule has 1 aliphatic rings. The van der Waals surface area contributed by atoms with Gasteiger partial charge in [-0.3, -0.25) is 9.59 Å². The molecule has 4 atom stereocenters. The maximum absolute atomic E-state index is 13.6. The van der Waals surface area contributed by atoms with Crippen LogP contribution in [0.15, 0.2) is 54.6 Å². The lowest BCUT2D eigenvalue weighted by molar-refractivity contribution is -0.141. The summed E-state index contributed by atoms with van der Waals surface area (Å²) in [5.41, 5.74) is 2.37. The maximum atomic E-state index is 13.6. The summed E-state index contributed by atoms with van der Waals surface area (Å²) in [5.74, 6) is -0.628. The normalized spacial score (nSPS) is 17.6. The van der Waals surface area contributed by atoms with E-state index in [9.17, 15) is 19.5 Å². The summed E-state index contributed by atoms with van der Waals surface area (Å²) in [4.78, 5) is 48.8. The average molecular weight is 550 g/mol. The molecule has 0 aliphatic carbocycles. The highest BCUT2D eigenvalue weighted by atomic mass is 16.5. The smallest absolute Gasteiger partial charge is 0.408 e. The van der Waals surface area contributed by atoms with Crippen molar-refractivity contribution in [1.29, 1.82) is 0 Å². The second kappa shape index (κ2) is 13.0. The van der Waals surface area contributed by atoms with E-state index in [1.54, 1.807) is 0 Å². The molecular formula is C30H39N5O5. The highest BCUT2D eigenvalue weighted by Crippen LogP contribution is 2.25. The molecule has 4 N–H and O–H groups in total. The Morgan fingerprint density at radius 1 is 1.02 bits per heavy atom. The molecule has 1 saturated heterocycles. The van der Waals surface area contributed by atoms with E-state index >= 15 is 0 Å². The van der Waals surface area contributed by atoms with Crippen LogP contribution in [0.1, 0.15) is 58.0 Å². The minimum atomic E-state index is -1.06. The molecule has 2 heterocycles. The van der Waals surface area contributed by atoms with Gasteiger partial charge in [0.1, 0.15) is 30.6 Å². The zero-order chi connectivity index (χ0) is 28.8. The van der Waals surface area contributed by atoms with E-state index in [4.69, 9.17) is 4.74 Å². The van der Waals surface area contributed by atoms with Crippen LogP contribution in [-0.4, -0.2) is 62.6 Å². The number of aromatic nitrogens is 2. The van der Waals surface area contributed by atoms with Crippen LogP contribution < -0.4 is 10.6 Å². The van der Waals surface area contributed by atoms with E-state index in [2.05, 4.69) is 20.6 Å². The van der Waals surface area contributed by atoms with E-state index in [-0.39, 0.29) is 30.3 Å². The number of benzene rings is 2. The average Bonchev–Trinajstić information content (AvgIpc) is 3.61. The van der Waals surface area contributed by atoms with Crippen molar-refractivity contribution in [2.75, 3.05) is 6.54 Å². The summed E-state index contributed by atoms with van der Waals surface area (Å²) >= 11 is 0. The molecule has 40 heavy (non-hydrogen) atoms. The van der Waals surface area contributed by atoms with Crippen LogP contribution in [0.25, 0.3) is 11.0 Å². The number of carbonyl (C=O) groups excluding carboxylic acids is 3. The van der Waals surface area contributed by atoms with Crippen molar-refractivity contribution in [3.05, 3.63) is 66.0 Å². The number of aliphatic hydroxyl groups is 1. The first-order chi connectivity index (χ1) is 19.2. The Labute approximate surface area is 234 Å². The van der Waals surface area contributed by atoms with Gasteiger partial charge in [-0.05, 0) is 42.4 Å². The van der Waals surface area contributed by atoms with Gasteiger partial charge in [-0.15, -0.1) is 0 Å². The lowest BCUT2D eigenvalue weighted by atomic mass is 9.97. The summed E-state index contributed by atoms with van der Waals surface area (Å²) in [6.07, 6.45) is -0.603. The second-order valence-electron chi connectivity index (χ2n) is 11.0. The van der Waals surface area contributed by atoms with Crippen molar-refractivity contribution < 1.29 is 24.2 Å². The number of hydrogen-bond donors (Lipinski definition) is 4. The van der Waals surface area contributed by atoms with Gasteiger partial charge in [-0.25, -0.2) is 9.78 Å². The molecule has 3 amide bonds. The fourth-order valence-corrected chi connectivity index (χ4v) is 5.04. The van der Waals surface area contributed by atoms with Crippen LogP contribution in [0.2, 0.25) is 0 Å². The standard InChI is InChI=1S/C30H39N5O5/c1-18(2)24(26(36)27-31-21-13-8-9-14-22(21)32-27)33-28(37)23-15-10-16-35(23)29(38)25(19(3)4)34-30(39)40-17-20-11-6-5-7-12-20/h5-9,11-14,18-19,23-26,36H,10,15-17H2,1-4H3,(H,31,32)(H,33,37)(H,34,39)/t23-,24-,25-,26?/m0/s1. The number of para-hydroxylation sites is 2. The first-order valence-electron chi connectivity index (χ1n) is 13.9. The van der Waals surface area contributed by atoms with Crippen molar-refractivity contribution in [2.24, 2.45) is 11.8 Å². The van der Waals surface area contributed by atoms with Crippen molar-refractivity contribution in [3.8, 4) is 0 Å². The number of hydrogen-bond acceptors (Lipinski definition) is 6. The summed E-state index contributed by atoms with van der Waals surface area (Å²) in [6.45, 7) is 7.99. The van der Waals surface area contributed by atoms with Gasteiger partial charge in [0.05, 0.1) is 17.1 Å². The van der Waals surface area contributed by atoms with Crippen LogP contribution in [0.5, 0.6) is 0 Å². The Hall–Kier alpha value is -3.92. The summed E-state index contributed by atoms with van der Waals surface area (Å²) in [6, 6.07) is 14.6. The third-order valence-electron chi connectivity index (χ3n) is 7.31. The largest absolute Gasteiger partial charge is 0.445 e. The van der Waals surface area contributed by atoms with E-state index < -0.39 is 30.3 Å². The third-order valence-corrected chi connectivity index (χ3v) is 7.31. The molecule has 214 valence electrons. The summed E-state index contributed by atoms with van der Waals surface area (Å²) in [5, 5.41) is 16.8. The van der Waals surface area contributed by atoms with Crippen LogP contribution in [0.3, 0.4) is 0 Å². The Morgan fingerprint density at radius 2 is 1.73 bits per heavy atom. The number of aliphatic hydroxyl groups excluding tert-OH is 1. The van der Waals surface area contributed by atoms with Crippen molar-refractivity contribution in [1.82, 2.24) is 25.5 Å². The number of carbonyl (C=O) groups is 3. The fraction of sp³-hybridized carbons (Fsp3) is 0.467. The monoisotopic (exact) mass is 549 g/mol. The van der Waals surface area contributed by atoms with Gasteiger partial charge in [0.2, 0.25) is 11.8 Å².